The largest absolute Gasteiger partial charge is 0.381 e. The second kappa shape index (κ2) is 11.7. The first-order valence-electron chi connectivity index (χ1n) is 6.42. The molecular formula is C13H29NOS. The molecular weight excluding hydrogens is 218 g/mol. The van der Waals surface area contributed by atoms with E-state index in [9.17, 15) is 0 Å². The van der Waals surface area contributed by atoms with Gasteiger partial charge in [0, 0.05) is 26.3 Å². The molecule has 16 heavy (non-hydrogen) atoms. The molecule has 0 aliphatic rings. The first kappa shape index (κ1) is 16.3. The predicted octanol–water partition coefficient (Wildman–Crippen LogP) is 3.12. The normalized spacial score (nSPS) is 11.6. The van der Waals surface area contributed by atoms with Crippen LogP contribution in [-0.2, 0) is 4.74 Å². The molecule has 0 saturated heterocycles. The van der Waals surface area contributed by atoms with Crippen molar-refractivity contribution >= 4 is 11.8 Å². The third-order valence-corrected chi connectivity index (χ3v) is 3.09. The highest BCUT2D eigenvalue weighted by Crippen LogP contribution is 2.00. The molecule has 0 rings (SSSR count). The molecule has 0 fully saturated rings. The van der Waals surface area contributed by atoms with Gasteiger partial charge in [-0.25, -0.2) is 0 Å². The van der Waals surface area contributed by atoms with Gasteiger partial charge in [0.25, 0.3) is 0 Å². The van der Waals surface area contributed by atoms with Gasteiger partial charge in [-0.2, -0.15) is 11.8 Å². The molecule has 0 unspecified atom stereocenters. The molecule has 0 heterocycles. The van der Waals surface area contributed by atoms with Gasteiger partial charge in [-0.05, 0) is 44.2 Å². The first-order valence-corrected chi connectivity index (χ1v) is 7.81. The summed E-state index contributed by atoms with van der Waals surface area (Å²) in [4.78, 5) is 2.39. The van der Waals surface area contributed by atoms with Crippen LogP contribution in [-0.4, -0.2) is 50.3 Å². The van der Waals surface area contributed by atoms with Gasteiger partial charge in [0.15, 0.2) is 0 Å². The number of hydrogen-bond acceptors (Lipinski definition) is 3. The van der Waals surface area contributed by atoms with Crippen molar-refractivity contribution in [2.24, 2.45) is 5.92 Å². The van der Waals surface area contributed by atoms with E-state index in [1.54, 1.807) is 0 Å². The maximum Gasteiger partial charge on any atom is 0.0478 e. The van der Waals surface area contributed by atoms with Gasteiger partial charge >= 0.3 is 0 Å². The maximum atomic E-state index is 5.60. The summed E-state index contributed by atoms with van der Waals surface area (Å²) in [5, 5.41) is 0. The Kier molecular flexibility index (Phi) is 11.9. The topological polar surface area (TPSA) is 12.5 Å². The van der Waals surface area contributed by atoms with Crippen LogP contribution in [0.15, 0.2) is 0 Å². The zero-order chi connectivity index (χ0) is 12.2. The Bertz CT molecular complexity index is 142. The number of hydrogen-bond donors (Lipinski definition) is 0. The fourth-order valence-corrected chi connectivity index (χ4v) is 2.20. The van der Waals surface area contributed by atoms with Crippen LogP contribution < -0.4 is 0 Å². The van der Waals surface area contributed by atoms with Gasteiger partial charge in [-0.1, -0.05) is 13.8 Å². The minimum Gasteiger partial charge on any atom is -0.381 e. The van der Waals surface area contributed by atoms with Gasteiger partial charge in [0.1, 0.15) is 0 Å². The zero-order valence-electron chi connectivity index (χ0n) is 11.5. The lowest BCUT2D eigenvalue weighted by Gasteiger charge is -2.18. The van der Waals surface area contributed by atoms with Crippen molar-refractivity contribution in [3.8, 4) is 0 Å². The summed E-state index contributed by atoms with van der Waals surface area (Å²) in [5.41, 5.74) is 0. The second-order valence-electron chi connectivity index (χ2n) is 4.82. The number of ether oxygens (including phenoxy) is 1. The van der Waals surface area contributed by atoms with Crippen LogP contribution in [0, 0.1) is 5.92 Å². The number of thioether (sulfide) groups is 1. The van der Waals surface area contributed by atoms with Crippen molar-refractivity contribution in [3.63, 3.8) is 0 Å². The molecule has 0 aliphatic carbocycles. The summed E-state index contributed by atoms with van der Waals surface area (Å²) in [6.07, 6.45) is 5.81. The minimum absolute atomic E-state index is 0.762. The molecule has 0 N–H and O–H groups in total. The Balaban J connectivity index is 3.08. The van der Waals surface area contributed by atoms with E-state index < -0.39 is 0 Å². The Morgan fingerprint density at radius 2 is 1.81 bits per heavy atom. The lowest BCUT2D eigenvalue weighted by Crippen LogP contribution is -2.25. The lowest BCUT2D eigenvalue weighted by molar-refractivity contribution is 0.120. The minimum atomic E-state index is 0.762. The molecule has 0 bridgehead atoms. The quantitative estimate of drug-likeness (QED) is 0.521. The molecule has 0 aromatic heterocycles. The van der Waals surface area contributed by atoms with E-state index in [1.807, 2.05) is 11.8 Å². The molecule has 3 heteroatoms. The second-order valence-corrected chi connectivity index (χ2v) is 5.81. The van der Waals surface area contributed by atoms with Gasteiger partial charge in [-0.3, -0.25) is 0 Å². The fraction of sp³-hybridized carbons (Fsp3) is 1.00. The summed E-state index contributed by atoms with van der Waals surface area (Å²) >= 11 is 1.92. The van der Waals surface area contributed by atoms with E-state index in [2.05, 4.69) is 32.1 Å². The highest BCUT2D eigenvalue weighted by molar-refractivity contribution is 7.98. The first-order chi connectivity index (χ1) is 7.66. The van der Waals surface area contributed by atoms with Crippen LogP contribution in [0.5, 0.6) is 0 Å². The number of rotatable bonds is 11. The van der Waals surface area contributed by atoms with Gasteiger partial charge < -0.3 is 9.64 Å². The predicted molar refractivity (Wildman–Crippen MR) is 75.4 cm³/mol. The standard InChI is InChI=1S/C13H29NOS/c1-13(2)12-14(3)8-7-10-15-9-5-6-11-16-4/h13H,5-12H2,1-4H3. The maximum absolute atomic E-state index is 5.60. The van der Waals surface area contributed by atoms with Crippen molar-refractivity contribution in [2.45, 2.75) is 33.1 Å². The molecule has 0 saturated carbocycles. The van der Waals surface area contributed by atoms with Crippen molar-refractivity contribution < 1.29 is 4.74 Å². The highest BCUT2D eigenvalue weighted by atomic mass is 32.2. The van der Waals surface area contributed by atoms with Crippen molar-refractivity contribution in [2.75, 3.05) is 45.4 Å². The van der Waals surface area contributed by atoms with Crippen LogP contribution in [0.25, 0.3) is 0 Å². The third-order valence-electron chi connectivity index (χ3n) is 2.39. The molecule has 98 valence electrons. The Labute approximate surface area is 106 Å². The molecule has 0 aliphatic heterocycles. The Morgan fingerprint density at radius 3 is 2.44 bits per heavy atom. The molecule has 0 aromatic rings. The molecule has 0 radical (unpaired) electrons. The molecule has 2 nitrogen and oxygen atoms in total. The van der Waals surface area contributed by atoms with E-state index in [1.165, 1.54) is 25.1 Å². The van der Waals surface area contributed by atoms with E-state index in [-0.39, 0.29) is 0 Å². The Morgan fingerprint density at radius 1 is 1.12 bits per heavy atom. The zero-order valence-corrected chi connectivity index (χ0v) is 12.3. The van der Waals surface area contributed by atoms with E-state index >= 15 is 0 Å². The van der Waals surface area contributed by atoms with Gasteiger partial charge in [0.2, 0.25) is 0 Å². The van der Waals surface area contributed by atoms with E-state index in [0.29, 0.717) is 0 Å². The van der Waals surface area contributed by atoms with Gasteiger partial charge in [-0.15, -0.1) is 0 Å². The number of nitrogens with zero attached hydrogens (tertiary/aromatic N) is 1. The van der Waals surface area contributed by atoms with Crippen LogP contribution in [0.4, 0.5) is 0 Å². The van der Waals surface area contributed by atoms with Crippen molar-refractivity contribution in [1.29, 1.82) is 0 Å². The van der Waals surface area contributed by atoms with E-state index in [4.69, 9.17) is 4.74 Å². The summed E-state index contributed by atoms with van der Waals surface area (Å²) in [6.45, 7) is 8.73. The lowest BCUT2D eigenvalue weighted by atomic mass is 10.2. The van der Waals surface area contributed by atoms with Crippen LogP contribution in [0.3, 0.4) is 0 Å². The molecule has 0 aromatic carbocycles. The molecule has 0 atom stereocenters. The summed E-state index contributed by atoms with van der Waals surface area (Å²) in [6, 6.07) is 0. The Hall–Kier alpha value is 0.270. The average Bonchev–Trinajstić information content (AvgIpc) is 2.21. The van der Waals surface area contributed by atoms with Crippen LogP contribution in [0.2, 0.25) is 0 Å². The van der Waals surface area contributed by atoms with E-state index in [0.717, 1.165) is 32.1 Å². The fourth-order valence-electron chi connectivity index (χ4n) is 1.70. The monoisotopic (exact) mass is 247 g/mol. The van der Waals surface area contributed by atoms with Crippen LogP contribution in [0.1, 0.15) is 33.1 Å². The highest BCUT2D eigenvalue weighted by Gasteiger charge is 2.00. The summed E-state index contributed by atoms with van der Waals surface area (Å²) in [7, 11) is 2.19. The van der Waals surface area contributed by atoms with Gasteiger partial charge in [0.05, 0.1) is 0 Å². The third kappa shape index (κ3) is 12.3. The molecule has 0 spiro atoms. The van der Waals surface area contributed by atoms with Crippen LogP contribution >= 0.6 is 11.8 Å². The summed E-state index contributed by atoms with van der Waals surface area (Å²) in [5.74, 6) is 2.03. The average molecular weight is 247 g/mol. The SMILES string of the molecule is CSCCCCOCCCN(C)CC(C)C. The molecule has 0 amide bonds. The van der Waals surface area contributed by atoms with Crippen molar-refractivity contribution in [3.05, 3.63) is 0 Å². The number of unbranched alkanes of at least 4 members (excludes halogenated alkanes) is 1. The van der Waals surface area contributed by atoms with Crippen molar-refractivity contribution in [1.82, 2.24) is 4.90 Å². The summed E-state index contributed by atoms with van der Waals surface area (Å²) < 4.78 is 5.60. The smallest absolute Gasteiger partial charge is 0.0478 e.